The second-order valence-electron chi connectivity index (χ2n) is 26.8. The highest BCUT2D eigenvalue weighted by atomic mass is 16.7. The molecule has 1 amide bonds. The van der Waals surface area contributed by atoms with Crippen LogP contribution in [0.1, 0.15) is 328 Å². The van der Waals surface area contributed by atoms with Gasteiger partial charge in [-0.1, -0.05) is 312 Å². The lowest BCUT2D eigenvalue weighted by molar-refractivity contribution is -0.359. The number of hydrogen-bond acceptors (Lipinski definition) is 13. The number of ether oxygens (including phenoxy) is 4. The highest BCUT2D eigenvalue weighted by molar-refractivity contribution is 5.76. The molecule has 2 saturated heterocycles. The van der Waals surface area contributed by atoms with E-state index in [0.29, 0.717) is 12.8 Å². The summed E-state index contributed by atoms with van der Waals surface area (Å²) in [5.41, 5.74) is 0. The van der Waals surface area contributed by atoms with Crippen molar-refractivity contribution < 1.29 is 64.6 Å². The fraction of sp³-hybridized carbons (Fsp3) is 0.857. The van der Waals surface area contributed by atoms with Crippen molar-refractivity contribution in [2.75, 3.05) is 19.8 Å². The van der Waals surface area contributed by atoms with Gasteiger partial charge in [0.2, 0.25) is 5.91 Å². The Labute approximate surface area is 556 Å². The number of aliphatic hydroxyl groups is 8. The Morgan fingerprint density at radius 1 is 0.396 bits per heavy atom. The molecule has 2 rings (SSSR count). The summed E-state index contributed by atoms with van der Waals surface area (Å²) in [6.07, 6.45) is 65.8. The van der Waals surface area contributed by atoms with E-state index in [1.807, 2.05) is 6.08 Å². The molecule has 14 nitrogen and oxygen atoms in total. The van der Waals surface area contributed by atoms with Crippen molar-refractivity contribution in [2.45, 2.75) is 402 Å². The zero-order chi connectivity index (χ0) is 65.9. The molecule has 2 aliphatic heterocycles. The van der Waals surface area contributed by atoms with Gasteiger partial charge in [0, 0.05) is 6.42 Å². The van der Waals surface area contributed by atoms with Gasteiger partial charge in [-0.15, -0.1) is 0 Å². The normalized spacial score (nSPS) is 23.1. The standard InChI is InChI=1S/C77H141NO13/c1-3-5-7-9-11-13-15-17-19-21-23-25-27-29-31-32-33-35-36-38-40-42-44-46-48-50-52-54-56-58-60-66(81)65(64-88-76-74(87)72(85)75(68(63-80)90-76)91-77-73(86)71(84)70(83)67(62-79)89-77)78-69(82)61-59-57-55-53-51-49-47-45-43-41-39-37-34-30-28-26-24-22-20-18-16-14-12-10-8-6-4-2/h16,18,22,24,28,30,50,52,58,60,65-68,70-77,79-81,83-87H,3-15,17,19-21,23,25-27,29,31-49,51,53-57,59,61-64H2,1-2H3,(H,78,82)/b18-16-,24-22-,30-28-,52-50+,60-58+. The van der Waals surface area contributed by atoms with Crippen LogP contribution in [0.5, 0.6) is 0 Å². The third kappa shape index (κ3) is 44.9. The molecule has 0 aliphatic carbocycles. The molecule has 0 bridgehead atoms. The second-order valence-corrected chi connectivity index (χ2v) is 26.8. The Balaban J connectivity index is 1.67. The van der Waals surface area contributed by atoms with E-state index in [0.717, 1.165) is 44.9 Å². The largest absolute Gasteiger partial charge is 0.394 e. The van der Waals surface area contributed by atoms with Crippen molar-refractivity contribution in [2.24, 2.45) is 0 Å². The molecule has 91 heavy (non-hydrogen) atoms. The first-order chi connectivity index (χ1) is 44.6. The molecule has 14 heteroatoms. The van der Waals surface area contributed by atoms with Gasteiger partial charge in [-0.25, -0.2) is 0 Å². The number of amides is 1. The smallest absolute Gasteiger partial charge is 0.220 e. The van der Waals surface area contributed by atoms with Crippen LogP contribution in [0.4, 0.5) is 0 Å². The van der Waals surface area contributed by atoms with Gasteiger partial charge in [0.25, 0.3) is 0 Å². The summed E-state index contributed by atoms with van der Waals surface area (Å²) in [4.78, 5) is 13.4. The molecular weight excluding hydrogens is 1150 g/mol. The Bertz CT molecular complexity index is 1760. The first-order valence-electron chi connectivity index (χ1n) is 38.0. The van der Waals surface area contributed by atoms with E-state index >= 15 is 0 Å². The van der Waals surface area contributed by atoms with Gasteiger partial charge < -0.3 is 65.1 Å². The van der Waals surface area contributed by atoms with Crippen LogP contribution in [0.2, 0.25) is 0 Å². The molecule has 12 atom stereocenters. The summed E-state index contributed by atoms with van der Waals surface area (Å²) >= 11 is 0. The molecule has 9 N–H and O–H groups in total. The van der Waals surface area contributed by atoms with Crippen molar-refractivity contribution in [3.05, 3.63) is 60.8 Å². The second kappa shape index (κ2) is 61.3. The van der Waals surface area contributed by atoms with Gasteiger partial charge in [0.15, 0.2) is 12.6 Å². The number of aliphatic hydroxyl groups excluding tert-OH is 8. The Hall–Kier alpha value is -2.31. The SMILES string of the molecule is CCCCCCC/C=C\C/C=C\C/C=C\CCCCCCCCCCCCCCC(=O)NC(COC1OC(CO)C(OC2OC(CO)C(O)C(O)C2O)C(O)C1O)C(O)/C=C/CC/C=C/CCCCCCCCCCCCCCCCCCCCCCCCCC. The highest BCUT2D eigenvalue weighted by Crippen LogP contribution is 2.30. The maximum absolute atomic E-state index is 13.4. The number of carbonyl (C=O) groups is 1. The quantitative estimate of drug-likeness (QED) is 0.0204. The fourth-order valence-electron chi connectivity index (χ4n) is 12.4. The molecule has 0 aromatic heterocycles. The number of unbranched alkanes of at least 4 members (excludes halogenated alkanes) is 42. The van der Waals surface area contributed by atoms with E-state index < -0.39 is 86.8 Å². The lowest BCUT2D eigenvalue weighted by atomic mass is 9.97. The molecule has 12 unspecified atom stereocenters. The summed E-state index contributed by atoms with van der Waals surface area (Å²) in [5.74, 6) is -0.248. The Morgan fingerprint density at radius 3 is 1.15 bits per heavy atom. The number of carbonyl (C=O) groups excluding carboxylic acids is 1. The number of hydrogen-bond donors (Lipinski definition) is 9. The highest BCUT2D eigenvalue weighted by Gasteiger charge is 2.51. The molecule has 2 heterocycles. The molecule has 0 radical (unpaired) electrons. The van der Waals surface area contributed by atoms with Crippen LogP contribution in [0.3, 0.4) is 0 Å². The van der Waals surface area contributed by atoms with Crippen LogP contribution >= 0.6 is 0 Å². The topological polar surface area (TPSA) is 228 Å². The van der Waals surface area contributed by atoms with Gasteiger partial charge in [0.1, 0.15) is 48.8 Å². The molecule has 2 fully saturated rings. The number of rotatable bonds is 63. The molecule has 0 saturated carbocycles. The maximum atomic E-state index is 13.4. The van der Waals surface area contributed by atoms with Crippen LogP contribution in [0.25, 0.3) is 0 Å². The van der Waals surface area contributed by atoms with Crippen molar-refractivity contribution in [3.63, 3.8) is 0 Å². The van der Waals surface area contributed by atoms with Crippen LogP contribution in [0.15, 0.2) is 60.8 Å². The van der Waals surface area contributed by atoms with E-state index in [9.17, 15) is 45.6 Å². The zero-order valence-corrected chi connectivity index (χ0v) is 58.1. The summed E-state index contributed by atoms with van der Waals surface area (Å²) in [7, 11) is 0. The summed E-state index contributed by atoms with van der Waals surface area (Å²) < 4.78 is 22.9. The van der Waals surface area contributed by atoms with Crippen molar-refractivity contribution in [3.8, 4) is 0 Å². The van der Waals surface area contributed by atoms with Gasteiger partial charge in [-0.3, -0.25) is 4.79 Å². The van der Waals surface area contributed by atoms with Gasteiger partial charge >= 0.3 is 0 Å². The predicted molar refractivity (Wildman–Crippen MR) is 374 cm³/mol. The predicted octanol–water partition coefficient (Wildman–Crippen LogP) is 16.4. The summed E-state index contributed by atoms with van der Waals surface area (Å²) in [6.45, 7) is 2.81. The molecule has 532 valence electrons. The minimum Gasteiger partial charge on any atom is -0.394 e. The first kappa shape index (κ1) is 84.8. The lowest BCUT2D eigenvalue weighted by Gasteiger charge is -2.46. The molecular formula is C77H141NO13. The average molecular weight is 1290 g/mol. The average Bonchev–Trinajstić information content (AvgIpc) is 1.07. The van der Waals surface area contributed by atoms with Crippen LogP contribution < -0.4 is 5.32 Å². The van der Waals surface area contributed by atoms with E-state index in [4.69, 9.17) is 18.9 Å². The minimum absolute atomic E-state index is 0.248. The monoisotopic (exact) mass is 1290 g/mol. The number of nitrogens with one attached hydrogen (secondary N) is 1. The molecule has 2 aliphatic rings. The lowest BCUT2D eigenvalue weighted by Crippen LogP contribution is -2.65. The first-order valence-corrected chi connectivity index (χ1v) is 38.0. The third-order valence-corrected chi connectivity index (χ3v) is 18.4. The molecule has 0 aromatic carbocycles. The Kier molecular flexibility index (Phi) is 57.1. The van der Waals surface area contributed by atoms with E-state index in [-0.39, 0.29) is 18.9 Å². The van der Waals surface area contributed by atoms with Crippen molar-refractivity contribution in [1.29, 1.82) is 0 Å². The zero-order valence-electron chi connectivity index (χ0n) is 58.1. The maximum Gasteiger partial charge on any atom is 0.220 e. The minimum atomic E-state index is -1.79. The van der Waals surface area contributed by atoms with E-state index in [1.165, 1.54) is 250 Å². The third-order valence-electron chi connectivity index (χ3n) is 18.4. The van der Waals surface area contributed by atoms with Gasteiger partial charge in [-0.2, -0.15) is 0 Å². The van der Waals surface area contributed by atoms with E-state index in [1.54, 1.807) is 6.08 Å². The van der Waals surface area contributed by atoms with Crippen molar-refractivity contribution in [1.82, 2.24) is 5.32 Å². The summed E-state index contributed by atoms with van der Waals surface area (Å²) in [6, 6.07) is -0.937. The summed E-state index contributed by atoms with van der Waals surface area (Å²) in [5, 5.41) is 87.6. The van der Waals surface area contributed by atoms with Crippen LogP contribution in [-0.4, -0.2) is 140 Å². The van der Waals surface area contributed by atoms with Gasteiger partial charge in [0.05, 0.1) is 32.0 Å². The van der Waals surface area contributed by atoms with E-state index in [2.05, 4.69) is 67.8 Å². The van der Waals surface area contributed by atoms with Crippen molar-refractivity contribution >= 4 is 5.91 Å². The van der Waals surface area contributed by atoms with Crippen LogP contribution in [0, 0.1) is 0 Å². The fourth-order valence-corrected chi connectivity index (χ4v) is 12.4. The van der Waals surface area contributed by atoms with Crippen LogP contribution in [-0.2, 0) is 23.7 Å². The van der Waals surface area contributed by atoms with Gasteiger partial charge in [-0.05, 0) is 70.6 Å². The molecule has 0 spiro atoms. The Morgan fingerprint density at radius 2 is 0.736 bits per heavy atom. The number of allylic oxidation sites excluding steroid dienone is 9. The molecule has 0 aromatic rings.